The van der Waals surface area contributed by atoms with Crippen molar-refractivity contribution >= 4 is 0 Å². The van der Waals surface area contributed by atoms with Crippen molar-refractivity contribution in [3.05, 3.63) is 29.8 Å². The minimum absolute atomic E-state index is 0.579. The molecule has 2 atom stereocenters. The van der Waals surface area contributed by atoms with E-state index >= 15 is 0 Å². The van der Waals surface area contributed by atoms with Crippen LogP contribution in [0.25, 0.3) is 0 Å². The van der Waals surface area contributed by atoms with Crippen molar-refractivity contribution in [2.75, 3.05) is 20.7 Å². The van der Waals surface area contributed by atoms with Crippen molar-refractivity contribution in [3.63, 3.8) is 0 Å². The molecule has 0 bridgehead atoms. The zero-order chi connectivity index (χ0) is 14.5. The predicted octanol–water partition coefficient (Wildman–Crippen LogP) is 2.90. The van der Waals surface area contributed by atoms with Crippen LogP contribution in [0.4, 0.5) is 0 Å². The van der Waals surface area contributed by atoms with E-state index in [1.54, 1.807) is 7.11 Å². The summed E-state index contributed by atoms with van der Waals surface area (Å²) in [4.78, 5) is 2.48. The topological polar surface area (TPSA) is 24.5 Å². The molecule has 1 N–H and O–H groups in total. The van der Waals surface area contributed by atoms with Gasteiger partial charge in [-0.3, -0.25) is 4.90 Å². The highest BCUT2D eigenvalue weighted by Gasteiger charge is 2.33. The quantitative estimate of drug-likeness (QED) is 0.829. The van der Waals surface area contributed by atoms with Crippen LogP contribution >= 0.6 is 0 Å². The Morgan fingerprint density at radius 3 is 2.65 bits per heavy atom. The lowest BCUT2D eigenvalue weighted by atomic mass is 9.78. The second kappa shape index (κ2) is 7.09. The normalized spacial score (nSPS) is 22.1. The molecule has 0 aromatic heterocycles. The van der Waals surface area contributed by atoms with E-state index < -0.39 is 0 Å². The maximum absolute atomic E-state index is 5.44. The first kappa shape index (κ1) is 15.3. The van der Waals surface area contributed by atoms with Crippen LogP contribution in [0.1, 0.15) is 32.3 Å². The Balaban J connectivity index is 1.90. The maximum Gasteiger partial charge on any atom is 0.123 e. The van der Waals surface area contributed by atoms with Gasteiger partial charge in [-0.1, -0.05) is 32.0 Å². The number of benzene rings is 1. The Morgan fingerprint density at radius 2 is 2.05 bits per heavy atom. The van der Waals surface area contributed by atoms with Gasteiger partial charge in [0.05, 0.1) is 7.11 Å². The lowest BCUT2D eigenvalue weighted by molar-refractivity contribution is 0.0762. The van der Waals surface area contributed by atoms with Crippen LogP contribution in [0, 0.1) is 5.92 Å². The molecule has 1 aliphatic rings. The molecule has 0 heterocycles. The fourth-order valence-electron chi connectivity index (χ4n) is 2.98. The molecule has 0 saturated heterocycles. The van der Waals surface area contributed by atoms with Crippen molar-refractivity contribution in [1.82, 2.24) is 10.2 Å². The van der Waals surface area contributed by atoms with Gasteiger partial charge in [-0.25, -0.2) is 0 Å². The summed E-state index contributed by atoms with van der Waals surface area (Å²) in [6.07, 6.45) is 2.66. The first-order valence-electron chi connectivity index (χ1n) is 7.67. The highest BCUT2D eigenvalue weighted by atomic mass is 16.5. The molecule has 1 saturated carbocycles. The Kier molecular flexibility index (Phi) is 5.44. The molecule has 1 aliphatic carbocycles. The van der Waals surface area contributed by atoms with Gasteiger partial charge in [-0.15, -0.1) is 0 Å². The van der Waals surface area contributed by atoms with E-state index in [0.29, 0.717) is 12.1 Å². The molecule has 3 nitrogen and oxygen atoms in total. The Bertz CT molecular complexity index is 419. The number of rotatable bonds is 7. The third-order valence-corrected chi connectivity index (χ3v) is 4.34. The Labute approximate surface area is 123 Å². The molecular formula is C17H28N2O. The van der Waals surface area contributed by atoms with E-state index in [4.69, 9.17) is 4.74 Å². The highest BCUT2D eigenvalue weighted by molar-refractivity contribution is 5.33. The molecular weight excluding hydrogens is 248 g/mol. The summed E-state index contributed by atoms with van der Waals surface area (Å²) < 4.78 is 5.44. The first-order valence-corrected chi connectivity index (χ1v) is 7.67. The van der Waals surface area contributed by atoms with Crippen molar-refractivity contribution in [1.29, 1.82) is 0 Å². The van der Waals surface area contributed by atoms with Gasteiger partial charge in [-0.05, 0) is 38.4 Å². The standard InChI is InChI=1S/C17H28N2O/c1-13(2)18-11-14-9-10-16(14)19(3)12-15-7-5-6-8-17(15)20-4/h5-8,13-14,16,18H,9-12H2,1-4H3. The summed E-state index contributed by atoms with van der Waals surface area (Å²) in [6, 6.07) is 9.60. The van der Waals surface area contributed by atoms with Crippen LogP contribution in [0.3, 0.4) is 0 Å². The average molecular weight is 276 g/mol. The highest BCUT2D eigenvalue weighted by Crippen LogP contribution is 2.32. The summed E-state index contributed by atoms with van der Waals surface area (Å²) in [7, 11) is 3.98. The van der Waals surface area contributed by atoms with E-state index in [0.717, 1.165) is 24.8 Å². The summed E-state index contributed by atoms with van der Waals surface area (Å²) in [5.41, 5.74) is 1.28. The predicted molar refractivity (Wildman–Crippen MR) is 84.1 cm³/mol. The van der Waals surface area contributed by atoms with Crippen LogP contribution in [0.5, 0.6) is 5.75 Å². The lowest BCUT2D eigenvalue weighted by Crippen LogP contribution is -2.49. The Morgan fingerprint density at radius 1 is 1.30 bits per heavy atom. The molecule has 20 heavy (non-hydrogen) atoms. The van der Waals surface area contributed by atoms with E-state index in [-0.39, 0.29) is 0 Å². The summed E-state index contributed by atoms with van der Waals surface area (Å²) in [5, 5.41) is 3.57. The number of hydrogen-bond donors (Lipinski definition) is 1. The molecule has 0 amide bonds. The molecule has 3 heteroatoms. The first-order chi connectivity index (χ1) is 9.61. The fraction of sp³-hybridized carbons (Fsp3) is 0.647. The second-order valence-electron chi connectivity index (χ2n) is 6.19. The van der Waals surface area contributed by atoms with Crippen molar-refractivity contribution < 1.29 is 4.74 Å². The van der Waals surface area contributed by atoms with Crippen LogP contribution in [0.2, 0.25) is 0 Å². The van der Waals surface area contributed by atoms with Crippen LogP contribution in [0.15, 0.2) is 24.3 Å². The molecule has 1 fully saturated rings. The lowest BCUT2D eigenvalue weighted by Gasteiger charge is -2.43. The van der Waals surface area contributed by atoms with Gasteiger partial charge in [0.25, 0.3) is 0 Å². The van der Waals surface area contributed by atoms with E-state index in [1.807, 2.05) is 12.1 Å². The largest absolute Gasteiger partial charge is 0.496 e. The van der Waals surface area contributed by atoms with Crippen molar-refractivity contribution in [2.24, 2.45) is 5.92 Å². The van der Waals surface area contributed by atoms with Gasteiger partial charge in [-0.2, -0.15) is 0 Å². The van der Waals surface area contributed by atoms with E-state index in [1.165, 1.54) is 18.4 Å². The zero-order valence-electron chi connectivity index (χ0n) is 13.2. The van der Waals surface area contributed by atoms with Crippen LogP contribution in [-0.2, 0) is 6.54 Å². The summed E-state index contributed by atoms with van der Waals surface area (Å²) in [5.74, 6) is 1.78. The molecule has 1 aromatic rings. The average Bonchev–Trinajstić information content (AvgIpc) is 2.37. The van der Waals surface area contributed by atoms with Crippen LogP contribution in [-0.4, -0.2) is 37.7 Å². The molecule has 2 unspecified atom stereocenters. The van der Waals surface area contributed by atoms with Gasteiger partial charge in [0.2, 0.25) is 0 Å². The minimum Gasteiger partial charge on any atom is -0.496 e. The third kappa shape index (κ3) is 3.74. The van der Waals surface area contributed by atoms with Gasteiger partial charge < -0.3 is 10.1 Å². The van der Waals surface area contributed by atoms with Gasteiger partial charge in [0.1, 0.15) is 5.75 Å². The Hall–Kier alpha value is -1.06. The van der Waals surface area contributed by atoms with Crippen molar-refractivity contribution in [3.8, 4) is 5.75 Å². The zero-order valence-corrected chi connectivity index (χ0v) is 13.2. The number of nitrogens with one attached hydrogen (secondary N) is 1. The molecule has 0 aliphatic heterocycles. The second-order valence-corrected chi connectivity index (χ2v) is 6.19. The van der Waals surface area contributed by atoms with E-state index in [2.05, 4.69) is 43.2 Å². The summed E-state index contributed by atoms with van der Waals surface area (Å²) >= 11 is 0. The van der Waals surface area contributed by atoms with Crippen LogP contribution < -0.4 is 10.1 Å². The van der Waals surface area contributed by atoms with Crippen molar-refractivity contribution in [2.45, 2.75) is 45.3 Å². The SMILES string of the molecule is COc1ccccc1CN(C)C1CCC1CNC(C)C. The van der Waals surface area contributed by atoms with Gasteiger partial charge in [0.15, 0.2) is 0 Å². The molecule has 2 rings (SSSR count). The number of methoxy groups -OCH3 is 1. The maximum atomic E-state index is 5.44. The third-order valence-electron chi connectivity index (χ3n) is 4.34. The summed E-state index contributed by atoms with van der Waals surface area (Å²) in [6.45, 7) is 6.53. The molecule has 112 valence electrons. The number of hydrogen-bond acceptors (Lipinski definition) is 3. The number of ether oxygens (including phenoxy) is 1. The fourth-order valence-corrected chi connectivity index (χ4v) is 2.98. The van der Waals surface area contributed by atoms with E-state index in [9.17, 15) is 0 Å². The minimum atomic E-state index is 0.579. The molecule has 0 spiro atoms. The number of nitrogens with zero attached hydrogens (tertiary/aromatic N) is 1. The monoisotopic (exact) mass is 276 g/mol. The van der Waals surface area contributed by atoms with Gasteiger partial charge >= 0.3 is 0 Å². The van der Waals surface area contributed by atoms with Gasteiger partial charge in [0, 0.05) is 24.2 Å². The molecule has 1 aromatic carbocycles. The smallest absolute Gasteiger partial charge is 0.123 e. The number of para-hydroxylation sites is 1. The molecule has 0 radical (unpaired) electrons.